The van der Waals surface area contributed by atoms with Crippen molar-refractivity contribution in [3.05, 3.63) is 42.3 Å². The molecule has 18 nitrogen and oxygen atoms in total. The molecule has 1 saturated carbocycles. The number of urea groups is 1. The van der Waals surface area contributed by atoms with E-state index in [1.807, 2.05) is 66.8 Å². The van der Waals surface area contributed by atoms with Gasteiger partial charge in [0.2, 0.25) is 17.7 Å². The Bertz CT molecular complexity index is 2410. The molecule has 1 unspecified atom stereocenters. The Labute approximate surface area is 393 Å². The summed E-state index contributed by atoms with van der Waals surface area (Å²) in [6.07, 6.45) is 1.98. The molecule has 4 heterocycles. The Kier molecular flexibility index (Phi) is 15.0. The van der Waals surface area contributed by atoms with Gasteiger partial charge in [-0.15, -0.1) is 17.9 Å². The minimum Gasteiger partial charge on any atom is -0.497 e. The zero-order chi connectivity index (χ0) is 48.5. The number of pyridine rings is 1. The fourth-order valence-corrected chi connectivity index (χ4v) is 10.7. The third kappa shape index (κ3) is 11.0. The van der Waals surface area contributed by atoms with Gasteiger partial charge in [0.25, 0.3) is 10.2 Å². The number of likely N-dealkylation sites (tertiary alicyclic amines) is 1. The van der Waals surface area contributed by atoms with E-state index >= 15 is 4.79 Å². The van der Waals surface area contributed by atoms with Crippen LogP contribution in [0.25, 0.3) is 22.3 Å². The fraction of sp³-hybridized carbons (Fsp3) is 0.609. The van der Waals surface area contributed by atoms with Crippen LogP contribution >= 0.6 is 11.3 Å². The van der Waals surface area contributed by atoms with Crippen LogP contribution < -0.4 is 36.1 Å². The summed E-state index contributed by atoms with van der Waals surface area (Å²) in [5, 5.41) is 18.4. The lowest BCUT2D eigenvalue weighted by atomic mass is 9.85. The topological polar surface area (TPSA) is 217 Å². The highest BCUT2D eigenvalue weighted by molar-refractivity contribution is 7.86. The lowest BCUT2D eigenvalue weighted by Crippen LogP contribution is -2.62. The molecule has 66 heavy (non-hydrogen) atoms. The van der Waals surface area contributed by atoms with Gasteiger partial charge in [0.05, 0.1) is 24.9 Å². The Morgan fingerprint density at radius 2 is 1.76 bits per heavy atom. The minimum absolute atomic E-state index is 0.0286. The number of carbonyl (C=O) groups excluding carboxylic acids is 4. The number of rotatable bonds is 16. The summed E-state index contributed by atoms with van der Waals surface area (Å²) in [6, 6.07) is 3.86. The summed E-state index contributed by atoms with van der Waals surface area (Å²) < 4.78 is 41.5. The predicted molar refractivity (Wildman–Crippen MR) is 256 cm³/mol. The number of hydrogen-bond donors (Lipinski definition) is 5. The number of fused-ring (bicyclic) bond motifs is 1. The number of carbonyl (C=O) groups is 4. The molecule has 2 aliphatic heterocycles. The van der Waals surface area contributed by atoms with Crippen molar-refractivity contribution < 1.29 is 37.1 Å². The Morgan fingerprint density at radius 1 is 1.03 bits per heavy atom. The molecule has 1 aromatic carbocycles. The molecule has 3 aromatic rings. The highest BCUT2D eigenvalue weighted by Crippen LogP contribution is 2.45. The number of hydrogen-bond acceptors (Lipinski definition) is 12. The number of amides is 5. The van der Waals surface area contributed by atoms with Crippen LogP contribution in [0.5, 0.6) is 11.5 Å². The van der Waals surface area contributed by atoms with Crippen LogP contribution in [0.4, 0.5) is 9.93 Å². The zero-order valence-electron chi connectivity index (χ0n) is 40.1. The Morgan fingerprint density at radius 3 is 2.38 bits per heavy atom. The van der Waals surface area contributed by atoms with Crippen molar-refractivity contribution in [1.29, 1.82) is 0 Å². The van der Waals surface area contributed by atoms with Crippen LogP contribution in [0.2, 0.25) is 0 Å². The van der Waals surface area contributed by atoms with Gasteiger partial charge in [-0.2, -0.15) is 17.0 Å². The van der Waals surface area contributed by atoms with Gasteiger partial charge in [-0.25, -0.2) is 14.8 Å². The number of thiazole rings is 1. The SMILES string of the molecule is C=C[C@H]1C[C@]1(NC(=O)[C@@H]1C[C@@H](Oc2cc(-c3csc(NC(C)C)n3)nc3cc(OC)ccc23)CN1C(=O)[C@@H](NC(=O)NC(CN1CCCN(C)S1(=O)=O)C(C)(C)C)C(C)(C)C)C(=O)NCC. The maximum atomic E-state index is 15.1. The first-order valence-electron chi connectivity index (χ1n) is 22.6. The van der Waals surface area contributed by atoms with E-state index in [1.165, 1.54) is 31.9 Å². The smallest absolute Gasteiger partial charge is 0.315 e. The van der Waals surface area contributed by atoms with Gasteiger partial charge < -0.3 is 41.0 Å². The van der Waals surface area contributed by atoms with Crippen molar-refractivity contribution >= 4 is 61.3 Å². The number of methoxy groups -OCH3 is 1. The largest absolute Gasteiger partial charge is 0.497 e. The van der Waals surface area contributed by atoms with E-state index in [1.54, 1.807) is 38.3 Å². The molecule has 362 valence electrons. The lowest BCUT2D eigenvalue weighted by molar-refractivity contribution is -0.142. The maximum Gasteiger partial charge on any atom is 0.315 e. The summed E-state index contributed by atoms with van der Waals surface area (Å²) in [4.78, 5) is 68.4. The molecule has 6 rings (SSSR count). The van der Waals surface area contributed by atoms with Gasteiger partial charge in [-0.1, -0.05) is 47.6 Å². The van der Waals surface area contributed by atoms with E-state index in [0.717, 1.165) is 5.13 Å². The van der Waals surface area contributed by atoms with E-state index < -0.39 is 68.7 Å². The van der Waals surface area contributed by atoms with Gasteiger partial charge in [0.15, 0.2) is 5.13 Å². The first kappa shape index (κ1) is 50.4. The third-order valence-corrected chi connectivity index (χ3v) is 15.1. The van der Waals surface area contributed by atoms with Crippen molar-refractivity contribution in [2.24, 2.45) is 16.7 Å². The van der Waals surface area contributed by atoms with E-state index in [4.69, 9.17) is 19.4 Å². The Balaban J connectivity index is 1.32. The molecule has 3 aliphatic rings. The first-order valence-corrected chi connectivity index (χ1v) is 24.9. The van der Waals surface area contributed by atoms with Crippen LogP contribution in [0.1, 0.15) is 81.6 Å². The average molecular weight is 953 g/mol. The van der Waals surface area contributed by atoms with Crippen molar-refractivity contribution in [2.75, 3.05) is 52.2 Å². The van der Waals surface area contributed by atoms with Gasteiger partial charge in [0, 0.05) is 80.5 Å². The molecule has 5 amide bonds. The first-order chi connectivity index (χ1) is 30.9. The quantitative estimate of drug-likeness (QED) is 0.124. The van der Waals surface area contributed by atoms with Crippen LogP contribution in [0.15, 0.2) is 42.3 Å². The van der Waals surface area contributed by atoms with E-state index in [9.17, 15) is 22.8 Å². The zero-order valence-corrected chi connectivity index (χ0v) is 41.7. The molecule has 2 saturated heterocycles. The van der Waals surface area contributed by atoms with Gasteiger partial charge in [0.1, 0.15) is 40.9 Å². The summed E-state index contributed by atoms with van der Waals surface area (Å²) in [6.45, 7) is 22.0. The number of likely N-dealkylation sites (N-methyl/N-ethyl adjacent to an activating group) is 1. The van der Waals surface area contributed by atoms with E-state index in [-0.39, 0.29) is 37.4 Å². The van der Waals surface area contributed by atoms with E-state index in [2.05, 4.69) is 33.2 Å². The number of benzene rings is 1. The molecule has 3 fully saturated rings. The normalized spacial score (nSPS) is 23.2. The van der Waals surface area contributed by atoms with E-state index in [0.29, 0.717) is 66.3 Å². The molecule has 0 radical (unpaired) electrons. The molecule has 1 aliphatic carbocycles. The van der Waals surface area contributed by atoms with Gasteiger partial charge in [-0.05, 0) is 56.6 Å². The number of anilines is 1. The Hall–Kier alpha value is -5.05. The van der Waals surface area contributed by atoms with Crippen LogP contribution in [-0.4, -0.2) is 138 Å². The third-order valence-electron chi connectivity index (χ3n) is 12.4. The van der Waals surface area contributed by atoms with Gasteiger partial charge in [-0.3, -0.25) is 14.4 Å². The maximum absolute atomic E-state index is 15.1. The molecule has 20 heteroatoms. The molecule has 0 spiro atoms. The predicted octanol–water partition coefficient (Wildman–Crippen LogP) is 4.74. The van der Waals surface area contributed by atoms with Crippen molar-refractivity contribution in [2.45, 2.75) is 117 Å². The summed E-state index contributed by atoms with van der Waals surface area (Å²) >= 11 is 1.45. The highest BCUT2D eigenvalue weighted by Gasteiger charge is 2.60. The molecular weight excluding hydrogens is 885 g/mol. The summed E-state index contributed by atoms with van der Waals surface area (Å²) in [5.74, 6) is -0.674. The van der Waals surface area contributed by atoms with Crippen LogP contribution in [-0.2, 0) is 24.6 Å². The molecule has 2 aromatic heterocycles. The molecule has 0 bridgehead atoms. The number of aromatic nitrogens is 2. The number of nitrogens with zero attached hydrogens (tertiary/aromatic N) is 5. The minimum atomic E-state index is -3.72. The fourth-order valence-electron chi connectivity index (χ4n) is 8.41. The second-order valence-electron chi connectivity index (χ2n) is 20.0. The van der Waals surface area contributed by atoms with Gasteiger partial charge >= 0.3 is 6.03 Å². The monoisotopic (exact) mass is 952 g/mol. The lowest BCUT2D eigenvalue weighted by Gasteiger charge is -2.40. The number of ether oxygens (including phenoxy) is 2. The van der Waals surface area contributed by atoms with Crippen LogP contribution in [0.3, 0.4) is 0 Å². The van der Waals surface area contributed by atoms with Crippen molar-refractivity contribution in [1.82, 2.24) is 44.7 Å². The molecular formula is C46H68N10O8S2. The van der Waals surface area contributed by atoms with Crippen LogP contribution in [0, 0.1) is 16.7 Å². The summed E-state index contributed by atoms with van der Waals surface area (Å²) in [7, 11) is -0.615. The second kappa shape index (κ2) is 19.7. The second-order valence-corrected chi connectivity index (χ2v) is 22.8. The summed E-state index contributed by atoms with van der Waals surface area (Å²) in [5.41, 5.74) is -0.908. The van der Waals surface area contributed by atoms with Crippen molar-refractivity contribution in [3.63, 3.8) is 0 Å². The van der Waals surface area contributed by atoms with Crippen molar-refractivity contribution in [3.8, 4) is 22.9 Å². The number of nitrogens with one attached hydrogen (secondary N) is 5. The standard InChI is InChI=1S/C46H68N10O8S2/c1-13-28-23-46(28,41(59)47-14-2)53-39(57)35-21-30(64-36-22-33(34-26-65-43(50-34)48-27(3)4)49-32-20-29(63-12)16-17-31(32)36)24-56(35)40(58)38(45(8,9)10)52-42(60)51-37(44(5,6)7)25-55-19-15-18-54(11)66(55,61)62/h13,16-17,20,22,26-28,30,35,37-38H,1,14-15,18-19,21,23-25H2,2-12H3,(H,47,59)(H,48,50)(H,53,57)(H2,51,52,60)/t28-,30+,35-,37?,38+,46+/m0/s1. The average Bonchev–Trinajstić information content (AvgIpc) is 3.50. The highest BCUT2D eigenvalue weighted by atomic mass is 32.2. The molecule has 6 atom stereocenters. The molecule has 5 N–H and O–H groups in total.